The van der Waals surface area contributed by atoms with Crippen LogP contribution < -0.4 is 10.1 Å². The lowest BCUT2D eigenvalue weighted by atomic mass is 10.0. The smallest absolute Gasteiger partial charge is 0.256 e. The summed E-state index contributed by atoms with van der Waals surface area (Å²) in [6.45, 7) is 11.5. The van der Waals surface area contributed by atoms with E-state index in [1.807, 2.05) is 32.9 Å². The Labute approximate surface area is 145 Å². The van der Waals surface area contributed by atoms with Crippen molar-refractivity contribution >= 4 is 11.6 Å². The Bertz CT molecular complexity index is 551. The third kappa shape index (κ3) is 4.29. The molecule has 2 rings (SSSR count). The zero-order valence-corrected chi connectivity index (χ0v) is 15.7. The predicted octanol–water partition coefficient (Wildman–Crippen LogP) is 4.63. The first-order valence-corrected chi connectivity index (χ1v) is 9.07. The van der Waals surface area contributed by atoms with Crippen molar-refractivity contribution in [3.8, 4) is 5.75 Å². The quantitative estimate of drug-likeness (QED) is 0.791. The van der Waals surface area contributed by atoms with Crippen molar-refractivity contribution in [2.75, 3.05) is 18.5 Å². The molecule has 1 aromatic rings. The molecule has 0 unspecified atom stereocenters. The third-order valence-electron chi connectivity index (χ3n) is 4.52. The highest BCUT2D eigenvalue weighted by atomic mass is 16.5. The van der Waals surface area contributed by atoms with Crippen LogP contribution >= 0.6 is 0 Å². The molecule has 0 aliphatic heterocycles. The first-order chi connectivity index (χ1) is 11.4. The van der Waals surface area contributed by atoms with E-state index in [0.717, 1.165) is 48.2 Å². The van der Waals surface area contributed by atoms with Crippen LogP contribution in [0.25, 0.3) is 0 Å². The Morgan fingerprint density at radius 2 is 1.79 bits per heavy atom. The van der Waals surface area contributed by atoms with Crippen molar-refractivity contribution < 1.29 is 14.3 Å². The van der Waals surface area contributed by atoms with Crippen LogP contribution in [0.3, 0.4) is 0 Å². The van der Waals surface area contributed by atoms with Crippen LogP contribution in [-0.2, 0) is 9.53 Å². The average Bonchev–Trinajstić information content (AvgIpc) is 2.96. The van der Waals surface area contributed by atoms with E-state index in [0.29, 0.717) is 19.1 Å². The van der Waals surface area contributed by atoms with Crippen molar-refractivity contribution in [1.82, 2.24) is 0 Å². The molecule has 0 radical (unpaired) electrons. The molecule has 1 saturated carbocycles. The lowest BCUT2D eigenvalue weighted by molar-refractivity contribution is -0.140. The van der Waals surface area contributed by atoms with Gasteiger partial charge in [0.2, 0.25) is 0 Å². The molecule has 0 saturated heterocycles. The van der Waals surface area contributed by atoms with Crippen LogP contribution in [0, 0.1) is 19.8 Å². The van der Waals surface area contributed by atoms with Crippen molar-refractivity contribution in [2.45, 2.75) is 65.9 Å². The molecule has 0 aromatic heterocycles. The highest BCUT2D eigenvalue weighted by Crippen LogP contribution is 2.35. The summed E-state index contributed by atoms with van der Waals surface area (Å²) < 4.78 is 11.7. The van der Waals surface area contributed by atoms with Gasteiger partial charge in [0.05, 0.1) is 6.61 Å². The van der Waals surface area contributed by atoms with Gasteiger partial charge in [-0.2, -0.15) is 0 Å². The SMILES string of the molecule is CCOC1(C(=O)Nc2cc(C)c(OCC(C)C)c(C)c2)CCCC1. The minimum absolute atomic E-state index is 0.0171. The van der Waals surface area contributed by atoms with Crippen molar-refractivity contribution in [2.24, 2.45) is 5.92 Å². The topological polar surface area (TPSA) is 47.6 Å². The van der Waals surface area contributed by atoms with Crippen LogP contribution in [0.1, 0.15) is 57.6 Å². The second-order valence-corrected chi connectivity index (χ2v) is 7.23. The summed E-state index contributed by atoms with van der Waals surface area (Å²) in [5, 5.41) is 3.06. The van der Waals surface area contributed by atoms with Crippen LogP contribution in [0.4, 0.5) is 5.69 Å². The summed E-state index contributed by atoms with van der Waals surface area (Å²) in [4.78, 5) is 12.8. The Kier molecular flexibility index (Phi) is 6.27. The van der Waals surface area contributed by atoms with Gasteiger partial charge in [0.15, 0.2) is 0 Å². The molecule has 134 valence electrons. The van der Waals surface area contributed by atoms with E-state index in [-0.39, 0.29) is 5.91 Å². The fourth-order valence-electron chi connectivity index (χ4n) is 3.40. The van der Waals surface area contributed by atoms with E-state index >= 15 is 0 Å². The van der Waals surface area contributed by atoms with Crippen LogP contribution in [-0.4, -0.2) is 24.7 Å². The van der Waals surface area contributed by atoms with Gasteiger partial charge in [0.1, 0.15) is 11.4 Å². The zero-order chi connectivity index (χ0) is 17.7. The molecular weight excluding hydrogens is 302 g/mol. The van der Waals surface area contributed by atoms with E-state index in [9.17, 15) is 4.79 Å². The summed E-state index contributed by atoms with van der Waals surface area (Å²) >= 11 is 0. The van der Waals surface area contributed by atoms with Gasteiger partial charge in [-0.1, -0.05) is 13.8 Å². The minimum atomic E-state index is -0.649. The van der Waals surface area contributed by atoms with E-state index in [1.54, 1.807) is 0 Å². The molecule has 0 atom stereocenters. The molecule has 0 spiro atoms. The molecular formula is C20H31NO3. The Balaban J connectivity index is 2.13. The van der Waals surface area contributed by atoms with Gasteiger partial charge >= 0.3 is 0 Å². The fraction of sp³-hybridized carbons (Fsp3) is 0.650. The van der Waals surface area contributed by atoms with Crippen molar-refractivity contribution in [1.29, 1.82) is 0 Å². The molecule has 4 nitrogen and oxygen atoms in total. The maximum atomic E-state index is 12.8. The summed E-state index contributed by atoms with van der Waals surface area (Å²) in [6.07, 6.45) is 3.71. The number of hydrogen-bond acceptors (Lipinski definition) is 3. The molecule has 0 bridgehead atoms. The summed E-state index contributed by atoms with van der Waals surface area (Å²) in [6, 6.07) is 3.96. The second kappa shape index (κ2) is 8.02. The number of aryl methyl sites for hydroxylation is 2. The molecule has 24 heavy (non-hydrogen) atoms. The number of nitrogens with one attached hydrogen (secondary N) is 1. The van der Waals surface area contributed by atoms with E-state index in [4.69, 9.17) is 9.47 Å². The monoisotopic (exact) mass is 333 g/mol. The molecule has 1 aliphatic carbocycles. The third-order valence-corrected chi connectivity index (χ3v) is 4.52. The number of hydrogen-bond donors (Lipinski definition) is 1. The maximum Gasteiger partial charge on any atom is 0.256 e. The Morgan fingerprint density at radius 3 is 2.29 bits per heavy atom. The largest absolute Gasteiger partial charge is 0.493 e. The summed E-state index contributed by atoms with van der Waals surface area (Å²) in [5.74, 6) is 1.38. The zero-order valence-electron chi connectivity index (χ0n) is 15.7. The number of carbonyl (C=O) groups is 1. The Morgan fingerprint density at radius 1 is 1.21 bits per heavy atom. The average molecular weight is 333 g/mol. The lowest BCUT2D eigenvalue weighted by Crippen LogP contribution is -2.43. The summed E-state index contributed by atoms with van der Waals surface area (Å²) in [5.41, 5.74) is 2.26. The second-order valence-electron chi connectivity index (χ2n) is 7.23. The highest BCUT2D eigenvalue weighted by Gasteiger charge is 2.42. The standard InChI is InChI=1S/C20H31NO3/c1-6-24-20(9-7-8-10-20)19(22)21-17-11-15(4)18(16(5)12-17)23-13-14(2)3/h11-12,14H,6-10,13H2,1-5H3,(H,21,22). The fourth-order valence-corrected chi connectivity index (χ4v) is 3.40. The summed E-state index contributed by atoms with van der Waals surface area (Å²) in [7, 11) is 0. The lowest BCUT2D eigenvalue weighted by Gasteiger charge is -2.27. The van der Waals surface area contributed by atoms with Gasteiger partial charge in [-0.15, -0.1) is 0 Å². The number of benzene rings is 1. The number of ether oxygens (including phenoxy) is 2. The van der Waals surface area contributed by atoms with E-state index in [1.165, 1.54) is 0 Å². The number of rotatable bonds is 7. The van der Waals surface area contributed by atoms with Crippen LogP contribution in [0.2, 0.25) is 0 Å². The molecule has 1 aromatic carbocycles. The van der Waals surface area contributed by atoms with Gasteiger partial charge in [0, 0.05) is 12.3 Å². The molecule has 1 aliphatic rings. The van der Waals surface area contributed by atoms with Crippen molar-refractivity contribution in [3.05, 3.63) is 23.3 Å². The van der Waals surface area contributed by atoms with Gasteiger partial charge < -0.3 is 14.8 Å². The van der Waals surface area contributed by atoms with Crippen LogP contribution in [0.15, 0.2) is 12.1 Å². The first kappa shape index (κ1) is 18.8. The maximum absolute atomic E-state index is 12.8. The van der Waals surface area contributed by atoms with Gasteiger partial charge in [-0.05, 0) is 75.6 Å². The molecule has 0 heterocycles. The number of amides is 1. The molecule has 1 N–H and O–H groups in total. The molecule has 1 fully saturated rings. The van der Waals surface area contributed by atoms with Crippen molar-refractivity contribution in [3.63, 3.8) is 0 Å². The number of carbonyl (C=O) groups excluding carboxylic acids is 1. The molecule has 1 amide bonds. The van der Waals surface area contributed by atoms with E-state index in [2.05, 4.69) is 19.2 Å². The van der Waals surface area contributed by atoms with Gasteiger partial charge in [-0.25, -0.2) is 0 Å². The first-order valence-electron chi connectivity index (χ1n) is 9.07. The highest BCUT2D eigenvalue weighted by molar-refractivity contribution is 5.97. The predicted molar refractivity (Wildman–Crippen MR) is 97.7 cm³/mol. The Hall–Kier alpha value is -1.55. The normalized spacial score (nSPS) is 16.4. The van der Waals surface area contributed by atoms with Gasteiger partial charge in [0.25, 0.3) is 5.91 Å². The van der Waals surface area contributed by atoms with E-state index < -0.39 is 5.60 Å². The van der Waals surface area contributed by atoms with Gasteiger partial charge in [-0.3, -0.25) is 4.79 Å². The number of anilines is 1. The molecule has 4 heteroatoms. The van der Waals surface area contributed by atoms with Crippen LogP contribution in [0.5, 0.6) is 5.75 Å². The minimum Gasteiger partial charge on any atom is -0.493 e.